The molecule has 1 heterocycles. The first-order chi connectivity index (χ1) is 10.9. The minimum Gasteiger partial charge on any atom is -0.483 e. The summed E-state index contributed by atoms with van der Waals surface area (Å²) >= 11 is 3.33. The molecule has 0 saturated carbocycles. The Hall–Kier alpha value is -2.01. The van der Waals surface area contributed by atoms with Gasteiger partial charge in [-0.2, -0.15) is 0 Å². The Kier molecular flexibility index (Phi) is 4.31. The van der Waals surface area contributed by atoms with Gasteiger partial charge in [0.15, 0.2) is 18.1 Å². The van der Waals surface area contributed by atoms with Gasteiger partial charge in [-0.1, -0.05) is 28.1 Å². The second kappa shape index (κ2) is 6.24. The highest BCUT2D eigenvalue weighted by molar-refractivity contribution is 9.10. The maximum absolute atomic E-state index is 11.9. The zero-order chi connectivity index (χ0) is 16.4. The summed E-state index contributed by atoms with van der Waals surface area (Å²) in [5.41, 5.74) is 0.841. The van der Waals surface area contributed by atoms with Crippen molar-refractivity contribution in [1.29, 1.82) is 0 Å². The van der Waals surface area contributed by atoms with Gasteiger partial charge in [-0.25, -0.2) is 4.79 Å². The second-order valence-corrected chi connectivity index (χ2v) is 6.92. The van der Waals surface area contributed by atoms with E-state index in [-0.39, 0.29) is 12.2 Å². The summed E-state index contributed by atoms with van der Waals surface area (Å²) in [6.07, 6.45) is 0.822. The average molecular weight is 377 g/mol. The maximum atomic E-state index is 11.9. The lowest BCUT2D eigenvalue weighted by Gasteiger charge is -2.18. The monoisotopic (exact) mass is 376 g/mol. The molecule has 0 saturated heterocycles. The smallest absolute Gasteiger partial charge is 0.349 e. The van der Waals surface area contributed by atoms with Crippen molar-refractivity contribution in [1.82, 2.24) is 0 Å². The number of benzene rings is 2. The molecule has 0 aromatic heterocycles. The largest absolute Gasteiger partial charge is 0.483 e. The Balaban J connectivity index is 1.62. The van der Waals surface area contributed by atoms with Gasteiger partial charge >= 0.3 is 5.97 Å². The number of para-hydroxylation sites is 1. The molecule has 0 N–H and O–H groups in total. The molecule has 0 amide bonds. The number of hydrogen-bond donors (Lipinski definition) is 0. The normalized spacial score (nSPS) is 14.7. The Morgan fingerprint density at radius 2 is 1.96 bits per heavy atom. The third-order valence-electron chi connectivity index (χ3n) is 3.45. The van der Waals surface area contributed by atoms with Crippen molar-refractivity contribution in [3.05, 3.63) is 52.5 Å². The Labute approximate surface area is 143 Å². The summed E-state index contributed by atoms with van der Waals surface area (Å²) in [7, 11) is 0. The maximum Gasteiger partial charge on any atom is 0.349 e. The minimum atomic E-state index is -0.456. The van der Waals surface area contributed by atoms with Crippen LogP contribution in [0.25, 0.3) is 0 Å². The van der Waals surface area contributed by atoms with Crippen LogP contribution in [0.1, 0.15) is 19.4 Å². The Morgan fingerprint density at radius 3 is 2.70 bits per heavy atom. The van der Waals surface area contributed by atoms with Gasteiger partial charge in [0.05, 0.1) is 0 Å². The summed E-state index contributed by atoms with van der Waals surface area (Å²) in [4.78, 5) is 11.9. The van der Waals surface area contributed by atoms with E-state index in [1.807, 2.05) is 38.1 Å². The van der Waals surface area contributed by atoms with Crippen LogP contribution in [0, 0.1) is 0 Å². The van der Waals surface area contributed by atoms with Crippen molar-refractivity contribution in [3.8, 4) is 17.2 Å². The van der Waals surface area contributed by atoms with Crippen LogP contribution >= 0.6 is 15.9 Å². The Bertz CT molecular complexity index is 722. The molecule has 1 aliphatic heterocycles. The van der Waals surface area contributed by atoms with Gasteiger partial charge in [0.25, 0.3) is 0 Å². The van der Waals surface area contributed by atoms with Crippen LogP contribution in [0.5, 0.6) is 17.2 Å². The van der Waals surface area contributed by atoms with E-state index in [9.17, 15) is 4.79 Å². The summed E-state index contributed by atoms with van der Waals surface area (Å²) < 4.78 is 17.6. The van der Waals surface area contributed by atoms with E-state index in [1.54, 1.807) is 18.2 Å². The van der Waals surface area contributed by atoms with Crippen molar-refractivity contribution >= 4 is 21.9 Å². The second-order valence-electron chi connectivity index (χ2n) is 6.00. The molecule has 0 spiro atoms. The predicted octanol–water partition coefficient (Wildman–Crippen LogP) is 4.15. The van der Waals surface area contributed by atoms with E-state index in [4.69, 9.17) is 14.2 Å². The fraction of sp³-hybridized carbons (Fsp3) is 0.278. The molecular weight excluding hydrogens is 360 g/mol. The number of ether oxygens (including phenoxy) is 3. The molecule has 3 rings (SSSR count). The first-order valence-electron chi connectivity index (χ1n) is 7.33. The Morgan fingerprint density at radius 1 is 1.22 bits per heavy atom. The van der Waals surface area contributed by atoms with Gasteiger partial charge in [0, 0.05) is 16.5 Å². The van der Waals surface area contributed by atoms with Crippen LogP contribution in [0.2, 0.25) is 0 Å². The van der Waals surface area contributed by atoms with Crippen LogP contribution in [-0.2, 0) is 11.2 Å². The predicted molar refractivity (Wildman–Crippen MR) is 90.1 cm³/mol. The molecule has 23 heavy (non-hydrogen) atoms. The zero-order valence-corrected chi connectivity index (χ0v) is 14.6. The molecule has 4 nitrogen and oxygen atoms in total. The lowest BCUT2D eigenvalue weighted by molar-refractivity contribution is -0.136. The average Bonchev–Trinajstić information content (AvgIpc) is 2.82. The number of hydrogen-bond acceptors (Lipinski definition) is 4. The zero-order valence-electron chi connectivity index (χ0n) is 13.0. The molecule has 0 atom stereocenters. The van der Waals surface area contributed by atoms with Crippen LogP contribution < -0.4 is 14.2 Å². The van der Waals surface area contributed by atoms with Gasteiger partial charge in [0.1, 0.15) is 11.4 Å². The summed E-state index contributed by atoms with van der Waals surface area (Å²) in [5.74, 6) is 1.31. The van der Waals surface area contributed by atoms with E-state index < -0.39 is 5.97 Å². The number of carbonyl (C=O) groups excluding carboxylic acids is 1. The van der Waals surface area contributed by atoms with Crippen molar-refractivity contribution in [2.75, 3.05) is 6.61 Å². The third-order valence-corrected chi connectivity index (χ3v) is 3.97. The van der Waals surface area contributed by atoms with Gasteiger partial charge < -0.3 is 14.2 Å². The number of fused-ring (bicyclic) bond motifs is 1. The highest BCUT2D eigenvalue weighted by atomic mass is 79.9. The van der Waals surface area contributed by atoms with E-state index in [2.05, 4.69) is 15.9 Å². The molecule has 120 valence electrons. The van der Waals surface area contributed by atoms with Crippen molar-refractivity contribution < 1.29 is 19.0 Å². The van der Waals surface area contributed by atoms with E-state index >= 15 is 0 Å². The minimum absolute atomic E-state index is 0.170. The molecule has 0 unspecified atom stereocenters. The number of rotatable bonds is 4. The van der Waals surface area contributed by atoms with E-state index in [0.29, 0.717) is 17.2 Å². The van der Waals surface area contributed by atoms with Gasteiger partial charge in [-0.05, 0) is 44.2 Å². The fourth-order valence-electron chi connectivity index (χ4n) is 2.50. The van der Waals surface area contributed by atoms with Gasteiger partial charge in [-0.15, -0.1) is 0 Å². The number of halogens is 1. The number of carbonyl (C=O) groups is 1. The van der Waals surface area contributed by atoms with Crippen molar-refractivity contribution in [2.45, 2.75) is 25.9 Å². The highest BCUT2D eigenvalue weighted by Gasteiger charge is 2.32. The molecule has 1 aliphatic rings. The highest BCUT2D eigenvalue weighted by Crippen LogP contribution is 2.41. The lowest BCUT2D eigenvalue weighted by atomic mass is 10.0. The van der Waals surface area contributed by atoms with Crippen molar-refractivity contribution in [3.63, 3.8) is 0 Å². The topological polar surface area (TPSA) is 44.8 Å². The molecule has 2 aromatic carbocycles. The van der Waals surface area contributed by atoms with Crippen LogP contribution in [-0.4, -0.2) is 18.2 Å². The molecular formula is C18H17BrO4. The molecule has 0 aliphatic carbocycles. The third kappa shape index (κ3) is 3.85. The SMILES string of the molecule is CC1(C)Cc2cccc(OCC(=O)Oc3ccc(Br)cc3)c2O1. The summed E-state index contributed by atoms with van der Waals surface area (Å²) in [6, 6.07) is 12.8. The van der Waals surface area contributed by atoms with Crippen molar-refractivity contribution in [2.24, 2.45) is 0 Å². The van der Waals surface area contributed by atoms with Crippen LogP contribution in [0.3, 0.4) is 0 Å². The van der Waals surface area contributed by atoms with E-state index in [0.717, 1.165) is 16.5 Å². The molecule has 0 bridgehead atoms. The summed E-state index contributed by atoms with van der Waals surface area (Å²) in [5, 5.41) is 0. The number of esters is 1. The lowest BCUT2D eigenvalue weighted by Crippen LogP contribution is -2.25. The quantitative estimate of drug-likeness (QED) is 0.593. The molecule has 0 radical (unpaired) electrons. The fourth-order valence-corrected chi connectivity index (χ4v) is 2.77. The van der Waals surface area contributed by atoms with Gasteiger partial charge in [-0.3, -0.25) is 0 Å². The van der Waals surface area contributed by atoms with Crippen LogP contribution in [0.15, 0.2) is 46.9 Å². The first kappa shape index (κ1) is 15.9. The molecule has 2 aromatic rings. The van der Waals surface area contributed by atoms with Gasteiger partial charge in [0.2, 0.25) is 0 Å². The van der Waals surface area contributed by atoms with E-state index in [1.165, 1.54) is 0 Å². The van der Waals surface area contributed by atoms with Crippen LogP contribution in [0.4, 0.5) is 0 Å². The summed E-state index contributed by atoms with van der Waals surface area (Å²) in [6.45, 7) is 3.88. The molecule has 0 fully saturated rings. The molecule has 5 heteroatoms. The standard InChI is InChI=1S/C18H17BrO4/c1-18(2)10-12-4-3-5-15(17(12)23-18)21-11-16(20)22-14-8-6-13(19)7-9-14/h3-9H,10-11H2,1-2H3. The first-order valence-corrected chi connectivity index (χ1v) is 8.12.